The van der Waals surface area contributed by atoms with Crippen molar-refractivity contribution in [1.29, 1.82) is 0 Å². The number of benzene rings is 2. The molecule has 158 valence electrons. The Bertz CT molecular complexity index is 938. The average molecular weight is 421 g/mol. The Morgan fingerprint density at radius 1 is 0.966 bits per heavy atom. The third-order valence-corrected chi connectivity index (χ3v) is 6.43. The Morgan fingerprint density at radius 3 is 2.10 bits per heavy atom. The normalized spacial score (nSPS) is 11.1. The van der Waals surface area contributed by atoms with Crippen LogP contribution in [0.5, 0.6) is 11.5 Å². The van der Waals surface area contributed by atoms with Gasteiger partial charge in [-0.25, -0.2) is 8.42 Å². The van der Waals surface area contributed by atoms with E-state index in [1.807, 2.05) is 20.8 Å². The summed E-state index contributed by atoms with van der Waals surface area (Å²) in [5.74, 6) is 0.532. The van der Waals surface area contributed by atoms with Gasteiger partial charge in [0.05, 0.1) is 24.8 Å². The third-order valence-electron chi connectivity index (χ3n) is 4.66. The van der Waals surface area contributed by atoms with Gasteiger partial charge in [-0.05, 0) is 45.0 Å². The van der Waals surface area contributed by atoms with Crippen LogP contribution in [0.25, 0.3) is 0 Å². The monoisotopic (exact) mass is 420 g/mol. The van der Waals surface area contributed by atoms with Crippen LogP contribution in [0.4, 0.5) is 5.69 Å². The second-order valence-electron chi connectivity index (χ2n) is 6.43. The van der Waals surface area contributed by atoms with Gasteiger partial charge in [0, 0.05) is 19.2 Å². The lowest BCUT2D eigenvalue weighted by Gasteiger charge is -2.28. The predicted molar refractivity (Wildman–Crippen MR) is 113 cm³/mol. The fourth-order valence-corrected chi connectivity index (χ4v) is 4.35. The number of aryl methyl sites for hydroxylation is 1. The fraction of sp³-hybridized carbons (Fsp3) is 0.381. The number of nitrogens with zero attached hydrogens (tertiary/aromatic N) is 2. The topological polar surface area (TPSA) is 76.2 Å². The Kier molecular flexibility index (Phi) is 7.50. The highest BCUT2D eigenvalue weighted by Crippen LogP contribution is 2.35. The molecule has 0 radical (unpaired) electrons. The smallest absolute Gasteiger partial charge is 0.264 e. The van der Waals surface area contributed by atoms with Crippen LogP contribution < -0.4 is 13.8 Å². The molecule has 0 bridgehead atoms. The number of ether oxygens (including phenoxy) is 2. The second kappa shape index (κ2) is 9.65. The molecule has 2 aromatic rings. The summed E-state index contributed by atoms with van der Waals surface area (Å²) in [5, 5.41) is 0. The molecule has 0 aliphatic heterocycles. The number of likely N-dealkylation sites (N-methyl/N-ethyl adjacent to an activating group) is 1. The van der Waals surface area contributed by atoms with E-state index in [1.54, 1.807) is 35.2 Å². The lowest BCUT2D eigenvalue weighted by molar-refractivity contribution is -0.129. The number of methoxy groups -OCH3 is 2. The highest BCUT2D eigenvalue weighted by Gasteiger charge is 2.30. The van der Waals surface area contributed by atoms with Crippen LogP contribution in [0.1, 0.15) is 19.4 Å². The molecule has 0 unspecified atom stereocenters. The van der Waals surface area contributed by atoms with Gasteiger partial charge in [0.1, 0.15) is 18.0 Å². The maximum absolute atomic E-state index is 13.5. The molecule has 0 heterocycles. The number of rotatable bonds is 9. The lowest BCUT2D eigenvalue weighted by Crippen LogP contribution is -2.43. The van der Waals surface area contributed by atoms with Gasteiger partial charge in [0.2, 0.25) is 5.91 Å². The van der Waals surface area contributed by atoms with E-state index in [1.165, 1.54) is 26.4 Å². The molecule has 2 rings (SSSR count). The number of amides is 1. The summed E-state index contributed by atoms with van der Waals surface area (Å²) < 4.78 is 38.6. The summed E-state index contributed by atoms with van der Waals surface area (Å²) >= 11 is 0. The van der Waals surface area contributed by atoms with Crippen molar-refractivity contribution in [3.63, 3.8) is 0 Å². The molecule has 2 aromatic carbocycles. The van der Waals surface area contributed by atoms with Crippen molar-refractivity contribution < 1.29 is 22.7 Å². The quantitative estimate of drug-likeness (QED) is 0.623. The van der Waals surface area contributed by atoms with Gasteiger partial charge >= 0.3 is 0 Å². The molecule has 0 N–H and O–H groups in total. The minimum Gasteiger partial charge on any atom is -0.497 e. The molecule has 0 aliphatic carbocycles. The van der Waals surface area contributed by atoms with Gasteiger partial charge in [0.15, 0.2) is 0 Å². The number of hydrogen-bond acceptors (Lipinski definition) is 5. The molecule has 0 saturated heterocycles. The molecule has 0 saturated carbocycles. The van der Waals surface area contributed by atoms with Crippen molar-refractivity contribution in [2.75, 3.05) is 38.2 Å². The van der Waals surface area contributed by atoms with E-state index in [9.17, 15) is 13.2 Å². The summed E-state index contributed by atoms with van der Waals surface area (Å²) in [6, 6.07) is 11.3. The standard InChI is InChI=1S/C21H28N2O5S/c1-6-22(7-2)21(24)15-23(19-13-10-17(27-4)14-20(19)28-5)29(25,26)18-11-8-16(3)9-12-18/h8-14H,6-7,15H2,1-5H3. The maximum Gasteiger partial charge on any atom is 0.264 e. The lowest BCUT2D eigenvalue weighted by atomic mass is 10.2. The van der Waals surface area contributed by atoms with Crippen LogP contribution in [0.3, 0.4) is 0 Å². The second-order valence-corrected chi connectivity index (χ2v) is 8.29. The van der Waals surface area contributed by atoms with Gasteiger partial charge in [-0.1, -0.05) is 17.7 Å². The molecular weight excluding hydrogens is 392 g/mol. The summed E-state index contributed by atoms with van der Waals surface area (Å²) in [5.41, 5.74) is 1.21. The van der Waals surface area contributed by atoms with Crippen LogP contribution in [-0.2, 0) is 14.8 Å². The van der Waals surface area contributed by atoms with Crippen LogP contribution in [0.15, 0.2) is 47.4 Å². The van der Waals surface area contributed by atoms with E-state index >= 15 is 0 Å². The Morgan fingerprint density at radius 2 is 1.59 bits per heavy atom. The molecule has 7 nitrogen and oxygen atoms in total. The molecule has 0 aliphatic rings. The molecule has 29 heavy (non-hydrogen) atoms. The van der Waals surface area contributed by atoms with Crippen molar-refractivity contribution in [3.05, 3.63) is 48.0 Å². The van der Waals surface area contributed by atoms with Gasteiger partial charge in [0.25, 0.3) is 10.0 Å². The first kappa shape index (κ1) is 22.5. The molecule has 1 amide bonds. The van der Waals surface area contributed by atoms with Crippen molar-refractivity contribution in [1.82, 2.24) is 4.90 Å². The number of anilines is 1. The predicted octanol–water partition coefficient (Wildman–Crippen LogP) is 3.08. The van der Waals surface area contributed by atoms with Crippen molar-refractivity contribution in [2.24, 2.45) is 0 Å². The minimum atomic E-state index is -4.00. The maximum atomic E-state index is 13.5. The van der Waals surface area contributed by atoms with Crippen LogP contribution >= 0.6 is 0 Å². The first-order valence-corrected chi connectivity index (χ1v) is 10.8. The highest BCUT2D eigenvalue weighted by atomic mass is 32.2. The molecule has 0 atom stereocenters. The van der Waals surface area contributed by atoms with E-state index in [0.29, 0.717) is 24.6 Å². The minimum absolute atomic E-state index is 0.105. The van der Waals surface area contributed by atoms with Gasteiger partial charge < -0.3 is 14.4 Å². The third kappa shape index (κ3) is 5.00. The summed E-state index contributed by atoms with van der Waals surface area (Å²) in [4.78, 5) is 14.5. The van der Waals surface area contributed by atoms with Gasteiger partial charge in [-0.15, -0.1) is 0 Å². The largest absolute Gasteiger partial charge is 0.497 e. The summed E-state index contributed by atoms with van der Waals surface area (Å²) in [6.07, 6.45) is 0. The van der Waals surface area contributed by atoms with Crippen LogP contribution in [0.2, 0.25) is 0 Å². The molecule has 0 aromatic heterocycles. The number of hydrogen-bond donors (Lipinski definition) is 0. The summed E-state index contributed by atoms with van der Waals surface area (Å²) in [6.45, 7) is 6.24. The zero-order valence-electron chi connectivity index (χ0n) is 17.5. The first-order valence-electron chi connectivity index (χ1n) is 9.37. The summed E-state index contributed by atoms with van der Waals surface area (Å²) in [7, 11) is -1.04. The van der Waals surface area contributed by atoms with Crippen LogP contribution in [-0.4, -0.2) is 53.1 Å². The van der Waals surface area contributed by atoms with Crippen molar-refractivity contribution in [2.45, 2.75) is 25.7 Å². The Hall–Kier alpha value is -2.74. The molecule has 8 heteroatoms. The van der Waals surface area contributed by atoms with E-state index in [0.717, 1.165) is 9.87 Å². The Labute approximate surface area is 172 Å². The van der Waals surface area contributed by atoms with Crippen LogP contribution in [0, 0.1) is 6.92 Å². The van der Waals surface area contributed by atoms with E-state index in [4.69, 9.17) is 9.47 Å². The SMILES string of the molecule is CCN(CC)C(=O)CN(c1ccc(OC)cc1OC)S(=O)(=O)c1ccc(C)cc1. The fourth-order valence-electron chi connectivity index (χ4n) is 2.93. The molecular formula is C21H28N2O5S. The number of carbonyl (C=O) groups is 1. The number of carbonyl (C=O) groups excluding carboxylic acids is 1. The van der Waals surface area contributed by atoms with E-state index in [-0.39, 0.29) is 23.0 Å². The van der Waals surface area contributed by atoms with Gasteiger partial charge in [-0.2, -0.15) is 0 Å². The molecule has 0 fully saturated rings. The number of sulfonamides is 1. The van der Waals surface area contributed by atoms with Gasteiger partial charge in [-0.3, -0.25) is 9.10 Å². The zero-order valence-corrected chi connectivity index (χ0v) is 18.3. The zero-order chi connectivity index (χ0) is 21.6. The highest BCUT2D eigenvalue weighted by molar-refractivity contribution is 7.92. The average Bonchev–Trinajstić information content (AvgIpc) is 2.72. The van der Waals surface area contributed by atoms with Crippen molar-refractivity contribution in [3.8, 4) is 11.5 Å². The van der Waals surface area contributed by atoms with E-state index < -0.39 is 10.0 Å². The first-order chi connectivity index (χ1) is 13.8. The molecule has 0 spiro atoms. The van der Waals surface area contributed by atoms with Crippen molar-refractivity contribution >= 4 is 21.6 Å². The Balaban J connectivity index is 2.60. The van der Waals surface area contributed by atoms with E-state index in [2.05, 4.69) is 0 Å².